The van der Waals surface area contributed by atoms with Gasteiger partial charge >= 0.3 is 0 Å². The summed E-state index contributed by atoms with van der Waals surface area (Å²) in [5, 5.41) is 2.81. The van der Waals surface area contributed by atoms with Crippen molar-refractivity contribution in [2.24, 2.45) is 0 Å². The number of para-hydroxylation sites is 1. The maximum atomic E-state index is 11.9. The van der Waals surface area contributed by atoms with Gasteiger partial charge in [-0.15, -0.1) is 0 Å². The van der Waals surface area contributed by atoms with Crippen LogP contribution in [-0.2, 0) is 4.79 Å². The minimum atomic E-state index is -0.153. The van der Waals surface area contributed by atoms with Crippen LogP contribution in [0.4, 0.5) is 0 Å². The van der Waals surface area contributed by atoms with Gasteiger partial charge in [-0.2, -0.15) is 0 Å². The van der Waals surface area contributed by atoms with Crippen molar-refractivity contribution in [2.75, 3.05) is 19.8 Å². The van der Waals surface area contributed by atoms with Crippen LogP contribution in [0.3, 0.4) is 0 Å². The zero-order valence-electron chi connectivity index (χ0n) is 15.5. The third-order valence-corrected chi connectivity index (χ3v) is 3.79. The first-order valence-electron chi connectivity index (χ1n) is 8.65. The quantitative estimate of drug-likeness (QED) is 0.738. The van der Waals surface area contributed by atoms with Crippen molar-refractivity contribution in [3.63, 3.8) is 0 Å². The number of hydrogen-bond donors (Lipinski definition) is 1. The van der Waals surface area contributed by atoms with Gasteiger partial charge in [0.05, 0.1) is 6.54 Å². The lowest BCUT2D eigenvalue weighted by molar-refractivity contribution is -0.123. The average Bonchev–Trinajstić information content (AvgIpc) is 2.56. The Balaban J connectivity index is 1.72. The number of benzene rings is 2. The molecule has 2 rings (SSSR count). The Morgan fingerprint density at radius 3 is 2.40 bits per heavy atom. The SMILES string of the molecule is Cc1cc(C)cc(OCC(=O)NCCOc2ccccc2C(C)C)c1. The third-order valence-electron chi connectivity index (χ3n) is 3.79. The maximum absolute atomic E-state index is 11.9. The molecule has 25 heavy (non-hydrogen) atoms. The highest BCUT2D eigenvalue weighted by Crippen LogP contribution is 2.25. The van der Waals surface area contributed by atoms with Gasteiger partial charge in [-0.3, -0.25) is 4.79 Å². The molecule has 0 radical (unpaired) electrons. The van der Waals surface area contributed by atoms with Crippen LogP contribution in [0, 0.1) is 13.8 Å². The molecule has 0 heterocycles. The first-order valence-corrected chi connectivity index (χ1v) is 8.65. The van der Waals surface area contributed by atoms with Crippen LogP contribution in [0.15, 0.2) is 42.5 Å². The van der Waals surface area contributed by atoms with E-state index in [1.165, 1.54) is 5.56 Å². The van der Waals surface area contributed by atoms with Crippen LogP contribution in [0.2, 0.25) is 0 Å². The molecule has 4 nitrogen and oxygen atoms in total. The van der Waals surface area contributed by atoms with E-state index >= 15 is 0 Å². The second-order valence-electron chi connectivity index (χ2n) is 6.50. The number of amides is 1. The van der Waals surface area contributed by atoms with Crippen molar-refractivity contribution in [3.8, 4) is 11.5 Å². The van der Waals surface area contributed by atoms with Crippen LogP contribution in [-0.4, -0.2) is 25.7 Å². The summed E-state index contributed by atoms with van der Waals surface area (Å²) in [4.78, 5) is 11.9. The summed E-state index contributed by atoms with van der Waals surface area (Å²) in [6.45, 7) is 9.16. The Morgan fingerprint density at radius 2 is 1.72 bits per heavy atom. The molecule has 1 N–H and O–H groups in total. The lowest BCUT2D eigenvalue weighted by Gasteiger charge is -2.14. The number of hydrogen-bond acceptors (Lipinski definition) is 3. The molecule has 0 atom stereocenters. The molecule has 0 spiro atoms. The van der Waals surface area contributed by atoms with Gasteiger partial charge in [-0.1, -0.05) is 38.1 Å². The summed E-state index contributed by atoms with van der Waals surface area (Å²) >= 11 is 0. The number of aryl methyl sites for hydroxylation is 2. The van der Waals surface area contributed by atoms with E-state index in [1.54, 1.807) is 0 Å². The fourth-order valence-corrected chi connectivity index (χ4v) is 2.66. The topological polar surface area (TPSA) is 47.6 Å². The second-order valence-corrected chi connectivity index (χ2v) is 6.50. The van der Waals surface area contributed by atoms with Gasteiger partial charge in [0.1, 0.15) is 18.1 Å². The molecule has 0 unspecified atom stereocenters. The molecule has 2 aromatic carbocycles. The lowest BCUT2D eigenvalue weighted by atomic mass is 10.0. The Bertz CT molecular complexity index is 690. The minimum absolute atomic E-state index is 0.00543. The Labute approximate surface area is 150 Å². The van der Waals surface area contributed by atoms with Crippen LogP contribution in [0.5, 0.6) is 11.5 Å². The van der Waals surface area contributed by atoms with Crippen LogP contribution < -0.4 is 14.8 Å². The predicted molar refractivity (Wildman–Crippen MR) is 100 cm³/mol. The molecule has 0 bridgehead atoms. The summed E-state index contributed by atoms with van der Waals surface area (Å²) in [6.07, 6.45) is 0. The molecule has 4 heteroatoms. The minimum Gasteiger partial charge on any atom is -0.491 e. The zero-order valence-corrected chi connectivity index (χ0v) is 15.5. The monoisotopic (exact) mass is 341 g/mol. The van der Waals surface area contributed by atoms with E-state index in [-0.39, 0.29) is 12.5 Å². The summed E-state index contributed by atoms with van der Waals surface area (Å²) in [7, 11) is 0. The predicted octanol–water partition coefficient (Wildman–Crippen LogP) is 4.00. The molecular formula is C21H27NO3. The molecule has 134 valence electrons. The molecule has 2 aromatic rings. The van der Waals surface area contributed by atoms with Gasteiger partial charge in [0.25, 0.3) is 5.91 Å². The van der Waals surface area contributed by atoms with E-state index in [0.717, 1.165) is 22.6 Å². The lowest BCUT2D eigenvalue weighted by Crippen LogP contribution is -2.32. The molecule has 0 saturated carbocycles. The largest absolute Gasteiger partial charge is 0.491 e. The van der Waals surface area contributed by atoms with Crippen LogP contribution in [0.25, 0.3) is 0 Å². The van der Waals surface area contributed by atoms with Crippen molar-refractivity contribution in [1.29, 1.82) is 0 Å². The number of ether oxygens (including phenoxy) is 2. The molecule has 0 aliphatic heterocycles. The third kappa shape index (κ3) is 6.14. The van der Waals surface area contributed by atoms with Crippen LogP contribution >= 0.6 is 0 Å². The molecule has 0 aromatic heterocycles. The molecule has 0 saturated heterocycles. The molecule has 0 aliphatic carbocycles. The van der Waals surface area contributed by atoms with Crippen molar-refractivity contribution in [3.05, 3.63) is 59.2 Å². The average molecular weight is 341 g/mol. The van der Waals surface area contributed by atoms with Crippen LogP contribution in [0.1, 0.15) is 36.5 Å². The molecule has 1 amide bonds. The second kappa shape index (κ2) is 9.11. The summed E-state index contributed by atoms with van der Waals surface area (Å²) in [5.74, 6) is 1.84. The standard InChI is InChI=1S/C21H27NO3/c1-15(2)19-7-5-6-8-20(19)24-10-9-22-21(23)14-25-18-12-16(3)11-17(4)13-18/h5-8,11-13,15H,9-10,14H2,1-4H3,(H,22,23). The Hall–Kier alpha value is -2.49. The first-order chi connectivity index (χ1) is 12.0. The number of carbonyl (C=O) groups excluding carboxylic acids is 1. The van der Waals surface area contributed by atoms with Gasteiger partial charge in [-0.25, -0.2) is 0 Å². The molecular weight excluding hydrogens is 314 g/mol. The fourth-order valence-electron chi connectivity index (χ4n) is 2.66. The van der Waals surface area contributed by atoms with E-state index < -0.39 is 0 Å². The molecule has 0 aliphatic rings. The van der Waals surface area contributed by atoms with E-state index in [9.17, 15) is 4.79 Å². The Morgan fingerprint density at radius 1 is 1.04 bits per heavy atom. The van der Waals surface area contributed by atoms with Crippen molar-refractivity contribution in [1.82, 2.24) is 5.32 Å². The highest BCUT2D eigenvalue weighted by Gasteiger charge is 2.07. The zero-order chi connectivity index (χ0) is 18.2. The van der Waals surface area contributed by atoms with Gasteiger partial charge in [0, 0.05) is 0 Å². The van der Waals surface area contributed by atoms with Crippen molar-refractivity contribution in [2.45, 2.75) is 33.6 Å². The smallest absolute Gasteiger partial charge is 0.258 e. The van der Waals surface area contributed by atoms with E-state index in [2.05, 4.69) is 31.3 Å². The normalized spacial score (nSPS) is 10.6. The van der Waals surface area contributed by atoms with Gasteiger partial charge in [0.2, 0.25) is 0 Å². The van der Waals surface area contributed by atoms with Crippen molar-refractivity contribution >= 4 is 5.91 Å². The van der Waals surface area contributed by atoms with Crippen molar-refractivity contribution < 1.29 is 14.3 Å². The molecule has 0 fully saturated rings. The fraction of sp³-hybridized carbons (Fsp3) is 0.381. The Kier molecular flexibility index (Phi) is 6.87. The summed E-state index contributed by atoms with van der Waals surface area (Å²) < 4.78 is 11.3. The van der Waals surface area contributed by atoms with E-state index in [4.69, 9.17) is 9.47 Å². The number of rotatable bonds is 8. The van der Waals surface area contributed by atoms with Gasteiger partial charge in [-0.05, 0) is 54.7 Å². The van der Waals surface area contributed by atoms with Gasteiger partial charge in [0.15, 0.2) is 6.61 Å². The highest BCUT2D eigenvalue weighted by atomic mass is 16.5. The number of carbonyl (C=O) groups is 1. The maximum Gasteiger partial charge on any atom is 0.258 e. The van der Waals surface area contributed by atoms with E-state index in [1.807, 2.05) is 44.2 Å². The summed E-state index contributed by atoms with van der Waals surface area (Å²) in [6, 6.07) is 13.9. The first kappa shape index (κ1) is 18.8. The van der Waals surface area contributed by atoms with Gasteiger partial charge < -0.3 is 14.8 Å². The highest BCUT2D eigenvalue weighted by molar-refractivity contribution is 5.77. The summed E-state index contributed by atoms with van der Waals surface area (Å²) in [5.41, 5.74) is 3.41. The number of nitrogens with one attached hydrogen (secondary N) is 1. The van der Waals surface area contributed by atoms with E-state index in [0.29, 0.717) is 19.1 Å².